The van der Waals surface area contributed by atoms with Crippen molar-refractivity contribution in [2.75, 3.05) is 26.2 Å². The van der Waals surface area contributed by atoms with Crippen molar-refractivity contribution in [3.8, 4) is 10.6 Å². The van der Waals surface area contributed by atoms with E-state index in [1.165, 1.54) is 0 Å². The van der Waals surface area contributed by atoms with Gasteiger partial charge in [0.1, 0.15) is 5.01 Å². The fraction of sp³-hybridized carbons (Fsp3) is 0.304. The first kappa shape index (κ1) is 20.1. The number of thiazole rings is 1. The van der Waals surface area contributed by atoms with Crippen molar-refractivity contribution in [3.05, 3.63) is 75.3 Å². The standard InChI is InChI=1S/C23H24ClN3OS/c1-16-11-17(2)13-19(12-16)23(28)27-9-7-26(8-10-27)14-21-15-29-22(25-21)18-3-5-20(24)6-4-18/h3-6,11-13,15H,7-10,14H2,1-2H3. The van der Waals surface area contributed by atoms with Crippen molar-refractivity contribution in [1.29, 1.82) is 0 Å². The maximum absolute atomic E-state index is 12.8. The van der Waals surface area contributed by atoms with Crippen LogP contribution in [0.25, 0.3) is 10.6 Å². The van der Waals surface area contributed by atoms with Crippen molar-refractivity contribution in [2.24, 2.45) is 0 Å². The van der Waals surface area contributed by atoms with Crippen LogP contribution in [-0.4, -0.2) is 46.9 Å². The number of carbonyl (C=O) groups excluding carboxylic acids is 1. The minimum absolute atomic E-state index is 0.134. The fourth-order valence-electron chi connectivity index (χ4n) is 3.72. The molecule has 1 aliphatic heterocycles. The molecule has 0 atom stereocenters. The number of hydrogen-bond acceptors (Lipinski definition) is 4. The molecular weight excluding hydrogens is 402 g/mol. The Kier molecular flexibility index (Phi) is 5.99. The molecule has 2 heterocycles. The van der Waals surface area contributed by atoms with Gasteiger partial charge in [-0.15, -0.1) is 11.3 Å². The zero-order valence-electron chi connectivity index (χ0n) is 16.7. The van der Waals surface area contributed by atoms with Crippen molar-refractivity contribution >= 4 is 28.8 Å². The van der Waals surface area contributed by atoms with Gasteiger partial charge in [0.05, 0.1) is 5.69 Å². The summed E-state index contributed by atoms with van der Waals surface area (Å²) in [7, 11) is 0. The lowest BCUT2D eigenvalue weighted by atomic mass is 10.1. The lowest BCUT2D eigenvalue weighted by Gasteiger charge is -2.34. The number of halogens is 1. The molecule has 3 aromatic rings. The average molecular weight is 426 g/mol. The number of hydrogen-bond donors (Lipinski definition) is 0. The minimum Gasteiger partial charge on any atom is -0.336 e. The van der Waals surface area contributed by atoms with Gasteiger partial charge in [-0.2, -0.15) is 0 Å². The Balaban J connectivity index is 1.34. The number of aromatic nitrogens is 1. The van der Waals surface area contributed by atoms with Crippen molar-refractivity contribution in [2.45, 2.75) is 20.4 Å². The number of piperazine rings is 1. The normalized spacial score (nSPS) is 14.9. The van der Waals surface area contributed by atoms with Crippen LogP contribution < -0.4 is 0 Å². The van der Waals surface area contributed by atoms with Crippen LogP contribution in [0.3, 0.4) is 0 Å². The zero-order chi connectivity index (χ0) is 20.4. The van der Waals surface area contributed by atoms with Crippen molar-refractivity contribution < 1.29 is 4.79 Å². The van der Waals surface area contributed by atoms with E-state index in [0.29, 0.717) is 0 Å². The van der Waals surface area contributed by atoms with Crippen LogP contribution in [0.2, 0.25) is 5.02 Å². The van der Waals surface area contributed by atoms with Gasteiger partial charge in [0.2, 0.25) is 0 Å². The van der Waals surface area contributed by atoms with Gasteiger partial charge in [0.25, 0.3) is 5.91 Å². The van der Waals surface area contributed by atoms with E-state index in [0.717, 1.165) is 70.7 Å². The highest BCUT2D eigenvalue weighted by Crippen LogP contribution is 2.26. The highest BCUT2D eigenvalue weighted by molar-refractivity contribution is 7.13. The van der Waals surface area contributed by atoms with Gasteiger partial charge in [-0.25, -0.2) is 4.98 Å². The first-order valence-corrected chi connectivity index (χ1v) is 11.0. The zero-order valence-corrected chi connectivity index (χ0v) is 18.3. The molecule has 1 fully saturated rings. The lowest BCUT2D eigenvalue weighted by molar-refractivity contribution is 0.0627. The topological polar surface area (TPSA) is 36.4 Å². The Morgan fingerprint density at radius 3 is 2.34 bits per heavy atom. The minimum atomic E-state index is 0.134. The molecule has 0 spiro atoms. The third-order valence-corrected chi connectivity index (χ3v) is 6.35. The SMILES string of the molecule is Cc1cc(C)cc(C(=O)N2CCN(Cc3csc(-c4ccc(Cl)cc4)n3)CC2)c1. The van der Waals surface area contributed by atoms with E-state index < -0.39 is 0 Å². The molecule has 0 saturated carbocycles. The van der Waals surface area contributed by atoms with Gasteiger partial charge >= 0.3 is 0 Å². The average Bonchev–Trinajstić information content (AvgIpc) is 3.16. The second-order valence-corrected chi connectivity index (χ2v) is 8.89. The fourth-order valence-corrected chi connectivity index (χ4v) is 4.67. The smallest absolute Gasteiger partial charge is 0.253 e. The predicted molar refractivity (Wildman–Crippen MR) is 120 cm³/mol. The van der Waals surface area contributed by atoms with Gasteiger partial charge in [0, 0.05) is 54.3 Å². The summed E-state index contributed by atoms with van der Waals surface area (Å²) in [4.78, 5) is 21.9. The summed E-state index contributed by atoms with van der Waals surface area (Å²) in [6, 6.07) is 13.9. The molecule has 0 unspecified atom stereocenters. The van der Waals surface area contributed by atoms with Crippen LogP contribution in [0, 0.1) is 13.8 Å². The number of amides is 1. The molecule has 6 heteroatoms. The molecular formula is C23H24ClN3OS. The monoisotopic (exact) mass is 425 g/mol. The van der Waals surface area contributed by atoms with Crippen LogP contribution in [0.15, 0.2) is 47.8 Å². The molecule has 2 aromatic carbocycles. The Morgan fingerprint density at radius 2 is 1.69 bits per heavy atom. The van der Waals surface area contributed by atoms with E-state index in [-0.39, 0.29) is 5.91 Å². The lowest BCUT2D eigenvalue weighted by Crippen LogP contribution is -2.48. The summed E-state index contributed by atoms with van der Waals surface area (Å²) < 4.78 is 0. The predicted octanol–water partition coefficient (Wildman–Crippen LogP) is 5.04. The third-order valence-electron chi connectivity index (χ3n) is 5.16. The third kappa shape index (κ3) is 4.86. The molecule has 1 aromatic heterocycles. The van der Waals surface area contributed by atoms with Gasteiger partial charge < -0.3 is 4.90 Å². The van der Waals surface area contributed by atoms with Crippen LogP contribution in [0.4, 0.5) is 0 Å². The molecule has 1 saturated heterocycles. The van der Waals surface area contributed by atoms with Crippen LogP contribution in [-0.2, 0) is 6.54 Å². The Labute approximate surface area is 180 Å². The van der Waals surface area contributed by atoms with E-state index in [4.69, 9.17) is 16.6 Å². The van der Waals surface area contributed by atoms with Crippen LogP contribution in [0.1, 0.15) is 27.2 Å². The molecule has 150 valence electrons. The molecule has 4 rings (SSSR count). The molecule has 4 nitrogen and oxygen atoms in total. The number of carbonyl (C=O) groups is 1. The molecule has 29 heavy (non-hydrogen) atoms. The van der Waals surface area contributed by atoms with E-state index >= 15 is 0 Å². The maximum Gasteiger partial charge on any atom is 0.253 e. The second kappa shape index (κ2) is 8.66. The molecule has 1 aliphatic rings. The summed E-state index contributed by atoms with van der Waals surface area (Å²) in [6.45, 7) is 8.12. The van der Waals surface area contributed by atoms with Crippen LogP contribution in [0.5, 0.6) is 0 Å². The van der Waals surface area contributed by atoms with Crippen molar-refractivity contribution in [3.63, 3.8) is 0 Å². The molecule has 0 N–H and O–H groups in total. The van der Waals surface area contributed by atoms with Gasteiger partial charge in [-0.3, -0.25) is 9.69 Å². The Bertz CT molecular complexity index is 987. The Hall–Kier alpha value is -2.21. The molecule has 1 amide bonds. The number of rotatable bonds is 4. The molecule has 0 bridgehead atoms. The summed E-state index contributed by atoms with van der Waals surface area (Å²) in [5.41, 5.74) is 5.23. The van der Waals surface area contributed by atoms with Crippen LogP contribution >= 0.6 is 22.9 Å². The highest BCUT2D eigenvalue weighted by atomic mass is 35.5. The molecule has 0 radical (unpaired) electrons. The number of aryl methyl sites for hydroxylation is 2. The van der Waals surface area contributed by atoms with Gasteiger partial charge in [-0.1, -0.05) is 40.9 Å². The van der Waals surface area contributed by atoms with Gasteiger partial charge in [-0.05, 0) is 38.1 Å². The summed E-state index contributed by atoms with van der Waals surface area (Å²) in [5.74, 6) is 0.134. The van der Waals surface area contributed by atoms with E-state index in [1.54, 1.807) is 11.3 Å². The van der Waals surface area contributed by atoms with E-state index in [1.807, 2.05) is 55.1 Å². The number of benzene rings is 2. The first-order chi connectivity index (χ1) is 14.0. The summed E-state index contributed by atoms with van der Waals surface area (Å²) in [5, 5.41) is 3.87. The highest BCUT2D eigenvalue weighted by Gasteiger charge is 2.23. The molecule has 0 aliphatic carbocycles. The van der Waals surface area contributed by atoms with E-state index in [9.17, 15) is 4.79 Å². The van der Waals surface area contributed by atoms with E-state index in [2.05, 4.69) is 16.3 Å². The quantitative estimate of drug-likeness (QED) is 0.587. The van der Waals surface area contributed by atoms with Gasteiger partial charge in [0.15, 0.2) is 0 Å². The second-order valence-electron chi connectivity index (χ2n) is 7.60. The number of nitrogens with zero attached hydrogens (tertiary/aromatic N) is 3. The summed E-state index contributed by atoms with van der Waals surface area (Å²) >= 11 is 7.63. The van der Waals surface area contributed by atoms with Crippen molar-refractivity contribution in [1.82, 2.24) is 14.8 Å². The summed E-state index contributed by atoms with van der Waals surface area (Å²) in [6.07, 6.45) is 0. The Morgan fingerprint density at radius 1 is 1.03 bits per heavy atom. The largest absolute Gasteiger partial charge is 0.336 e. The first-order valence-electron chi connectivity index (χ1n) is 9.78. The maximum atomic E-state index is 12.8.